The standard InChI is InChI=1S/C24H23NO2/c1-3-18(2)20-8-12-23(13-9-20)26-17-27-24-14-10-22(11-15-24)21-6-4-19(16-25)5-7-21/h4-15,18H,3,17H2,1-2H3. The van der Waals surface area contributed by atoms with Crippen LogP contribution in [0.25, 0.3) is 11.1 Å². The van der Waals surface area contributed by atoms with Crippen molar-refractivity contribution in [2.45, 2.75) is 26.2 Å². The molecule has 136 valence electrons. The molecular formula is C24H23NO2. The highest BCUT2D eigenvalue weighted by atomic mass is 16.7. The highest BCUT2D eigenvalue weighted by molar-refractivity contribution is 5.64. The molecule has 0 aliphatic heterocycles. The molecule has 0 saturated carbocycles. The van der Waals surface area contributed by atoms with Gasteiger partial charge in [-0.1, -0.05) is 50.2 Å². The fourth-order valence-electron chi connectivity index (χ4n) is 2.77. The van der Waals surface area contributed by atoms with Gasteiger partial charge in [-0.15, -0.1) is 0 Å². The smallest absolute Gasteiger partial charge is 0.230 e. The Hall–Kier alpha value is -3.25. The van der Waals surface area contributed by atoms with Crippen LogP contribution < -0.4 is 9.47 Å². The van der Waals surface area contributed by atoms with E-state index in [2.05, 4.69) is 32.0 Å². The molecule has 0 heterocycles. The molecule has 0 radical (unpaired) electrons. The molecule has 0 amide bonds. The van der Waals surface area contributed by atoms with Gasteiger partial charge in [0.25, 0.3) is 0 Å². The molecule has 3 rings (SSSR count). The van der Waals surface area contributed by atoms with E-state index < -0.39 is 0 Å². The Morgan fingerprint density at radius 2 is 1.26 bits per heavy atom. The van der Waals surface area contributed by atoms with Crippen LogP contribution in [0.1, 0.15) is 37.3 Å². The minimum absolute atomic E-state index is 0.166. The van der Waals surface area contributed by atoms with E-state index in [-0.39, 0.29) is 6.79 Å². The van der Waals surface area contributed by atoms with Crippen molar-refractivity contribution in [2.24, 2.45) is 0 Å². The molecule has 1 unspecified atom stereocenters. The molecule has 0 N–H and O–H groups in total. The Labute approximate surface area is 160 Å². The molecule has 3 heteroatoms. The Bertz CT molecular complexity index is 891. The minimum atomic E-state index is 0.166. The van der Waals surface area contributed by atoms with Gasteiger partial charge in [0.1, 0.15) is 11.5 Å². The molecule has 1 atom stereocenters. The van der Waals surface area contributed by atoms with E-state index in [0.717, 1.165) is 29.0 Å². The van der Waals surface area contributed by atoms with Crippen molar-refractivity contribution in [3.63, 3.8) is 0 Å². The maximum Gasteiger partial charge on any atom is 0.230 e. The lowest BCUT2D eigenvalue weighted by atomic mass is 9.99. The second kappa shape index (κ2) is 8.91. The molecular weight excluding hydrogens is 334 g/mol. The predicted molar refractivity (Wildman–Crippen MR) is 108 cm³/mol. The van der Waals surface area contributed by atoms with Crippen molar-refractivity contribution in [1.82, 2.24) is 0 Å². The Morgan fingerprint density at radius 1 is 0.778 bits per heavy atom. The lowest BCUT2D eigenvalue weighted by Crippen LogP contribution is -2.05. The van der Waals surface area contributed by atoms with Gasteiger partial charge in [0, 0.05) is 0 Å². The Morgan fingerprint density at radius 3 is 1.74 bits per heavy atom. The van der Waals surface area contributed by atoms with E-state index in [4.69, 9.17) is 14.7 Å². The highest BCUT2D eigenvalue weighted by Crippen LogP contribution is 2.24. The fourth-order valence-corrected chi connectivity index (χ4v) is 2.77. The summed E-state index contributed by atoms with van der Waals surface area (Å²) in [4.78, 5) is 0. The third-order valence-electron chi connectivity index (χ3n) is 4.71. The molecule has 3 nitrogen and oxygen atoms in total. The first kappa shape index (κ1) is 18.5. The molecule has 27 heavy (non-hydrogen) atoms. The van der Waals surface area contributed by atoms with Crippen molar-refractivity contribution >= 4 is 0 Å². The number of hydrogen-bond acceptors (Lipinski definition) is 3. The Kier molecular flexibility index (Phi) is 6.12. The fraction of sp³-hybridized carbons (Fsp3) is 0.208. The first-order valence-electron chi connectivity index (χ1n) is 9.15. The third-order valence-corrected chi connectivity index (χ3v) is 4.71. The van der Waals surface area contributed by atoms with Gasteiger partial charge in [0.05, 0.1) is 11.6 Å². The van der Waals surface area contributed by atoms with Crippen LogP contribution in [-0.4, -0.2) is 6.79 Å². The second-order valence-corrected chi connectivity index (χ2v) is 6.50. The van der Waals surface area contributed by atoms with Crippen molar-refractivity contribution in [3.8, 4) is 28.7 Å². The van der Waals surface area contributed by atoms with E-state index in [9.17, 15) is 0 Å². The van der Waals surface area contributed by atoms with E-state index in [1.54, 1.807) is 0 Å². The average Bonchev–Trinajstić information content (AvgIpc) is 2.74. The highest BCUT2D eigenvalue weighted by Gasteiger charge is 2.03. The topological polar surface area (TPSA) is 42.2 Å². The van der Waals surface area contributed by atoms with Crippen LogP contribution >= 0.6 is 0 Å². The first-order valence-corrected chi connectivity index (χ1v) is 9.15. The second-order valence-electron chi connectivity index (χ2n) is 6.50. The summed E-state index contributed by atoms with van der Waals surface area (Å²) < 4.78 is 11.3. The number of benzene rings is 3. The van der Waals surface area contributed by atoms with Crippen molar-refractivity contribution in [3.05, 3.63) is 83.9 Å². The van der Waals surface area contributed by atoms with Gasteiger partial charge in [-0.05, 0) is 65.4 Å². The number of hydrogen-bond donors (Lipinski definition) is 0. The molecule has 0 aromatic heterocycles. The monoisotopic (exact) mass is 357 g/mol. The van der Waals surface area contributed by atoms with E-state index in [1.807, 2.05) is 60.7 Å². The largest absolute Gasteiger partial charge is 0.458 e. The van der Waals surface area contributed by atoms with E-state index in [1.165, 1.54) is 5.56 Å². The molecule has 0 spiro atoms. The van der Waals surface area contributed by atoms with Crippen LogP contribution in [0.5, 0.6) is 11.5 Å². The molecule has 0 aliphatic rings. The number of nitriles is 1. The van der Waals surface area contributed by atoms with Gasteiger partial charge < -0.3 is 9.47 Å². The average molecular weight is 357 g/mol. The van der Waals surface area contributed by atoms with Gasteiger partial charge in [-0.3, -0.25) is 0 Å². The van der Waals surface area contributed by atoms with Crippen LogP contribution in [-0.2, 0) is 0 Å². The van der Waals surface area contributed by atoms with Gasteiger partial charge in [0.2, 0.25) is 6.79 Å². The minimum Gasteiger partial charge on any atom is -0.458 e. The maximum atomic E-state index is 8.87. The summed E-state index contributed by atoms with van der Waals surface area (Å²) in [6.07, 6.45) is 1.13. The normalized spacial score (nSPS) is 11.4. The zero-order valence-electron chi connectivity index (χ0n) is 15.7. The summed E-state index contributed by atoms with van der Waals surface area (Å²) in [6, 6.07) is 25.7. The third kappa shape index (κ3) is 4.89. The number of nitrogens with zero attached hydrogens (tertiary/aromatic N) is 1. The molecule has 0 aliphatic carbocycles. The summed E-state index contributed by atoms with van der Waals surface area (Å²) in [5, 5.41) is 8.87. The SMILES string of the molecule is CCC(C)c1ccc(OCOc2ccc(-c3ccc(C#N)cc3)cc2)cc1. The maximum absolute atomic E-state index is 8.87. The van der Waals surface area contributed by atoms with Gasteiger partial charge in [0.15, 0.2) is 0 Å². The zero-order chi connectivity index (χ0) is 19.1. The summed E-state index contributed by atoms with van der Waals surface area (Å²) in [7, 11) is 0. The Balaban J connectivity index is 1.53. The molecule has 0 fully saturated rings. The quantitative estimate of drug-likeness (QED) is 0.476. The summed E-state index contributed by atoms with van der Waals surface area (Å²) in [6.45, 7) is 4.58. The molecule has 3 aromatic rings. The van der Waals surface area contributed by atoms with Crippen molar-refractivity contribution in [1.29, 1.82) is 5.26 Å². The zero-order valence-corrected chi connectivity index (χ0v) is 15.7. The molecule has 0 bridgehead atoms. The summed E-state index contributed by atoms with van der Waals surface area (Å²) >= 11 is 0. The van der Waals surface area contributed by atoms with Crippen LogP contribution in [0.4, 0.5) is 0 Å². The summed E-state index contributed by atoms with van der Waals surface area (Å²) in [5.74, 6) is 2.12. The summed E-state index contributed by atoms with van der Waals surface area (Å²) in [5.41, 5.74) is 4.13. The van der Waals surface area contributed by atoms with Crippen molar-refractivity contribution < 1.29 is 9.47 Å². The van der Waals surface area contributed by atoms with Gasteiger partial charge in [-0.25, -0.2) is 0 Å². The number of ether oxygens (including phenoxy) is 2. The molecule has 3 aromatic carbocycles. The van der Waals surface area contributed by atoms with Crippen LogP contribution in [0.3, 0.4) is 0 Å². The van der Waals surface area contributed by atoms with Gasteiger partial charge >= 0.3 is 0 Å². The first-order chi connectivity index (χ1) is 13.2. The van der Waals surface area contributed by atoms with Crippen LogP contribution in [0.2, 0.25) is 0 Å². The van der Waals surface area contributed by atoms with Crippen LogP contribution in [0.15, 0.2) is 72.8 Å². The van der Waals surface area contributed by atoms with E-state index in [0.29, 0.717) is 11.5 Å². The van der Waals surface area contributed by atoms with Crippen LogP contribution in [0, 0.1) is 11.3 Å². The lowest BCUT2D eigenvalue weighted by molar-refractivity contribution is 0.120. The van der Waals surface area contributed by atoms with Crippen molar-refractivity contribution in [2.75, 3.05) is 6.79 Å². The van der Waals surface area contributed by atoms with Gasteiger partial charge in [-0.2, -0.15) is 5.26 Å². The van der Waals surface area contributed by atoms with E-state index >= 15 is 0 Å². The lowest BCUT2D eigenvalue weighted by Gasteiger charge is -2.12. The number of rotatable bonds is 7. The predicted octanol–water partition coefficient (Wildman–Crippen LogP) is 6.15. The molecule has 0 saturated heterocycles.